The van der Waals surface area contributed by atoms with E-state index < -0.39 is 17.7 Å². The molecule has 0 aliphatic heterocycles. The normalized spacial score (nSPS) is 22.1. The maximum Gasteiger partial charge on any atom is 0.131 e. The van der Waals surface area contributed by atoms with Gasteiger partial charge >= 0.3 is 0 Å². The van der Waals surface area contributed by atoms with Gasteiger partial charge in [-0.05, 0) is 37.3 Å². The van der Waals surface area contributed by atoms with Gasteiger partial charge in [-0.15, -0.1) is 0 Å². The zero-order valence-corrected chi connectivity index (χ0v) is 8.87. The summed E-state index contributed by atoms with van der Waals surface area (Å²) in [6, 6.07) is 3.67. The third kappa shape index (κ3) is 2.14. The average Bonchev–Trinajstić information content (AvgIpc) is 2.30. The Morgan fingerprint density at radius 2 is 1.88 bits per heavy atom. The van der Waals surface area contributed by atoms with Gasteiger partial charge in [-0.3, -0.25) is 0 Å². The van der Waals surface area contributed by atoms with Gasteiger partial charge in [-0.2, -0.15) is 0 Å². The lowest BCUT2D eigenvalue weighted by Crippen LogP contribution is -2.16. The van der Waals surface area contributed by atoms with E-state index in [-0.39, 0.29) is 11.5 Å². The molecule has 3 heteroatoms. The fourth-order valence-electron chi connectivity index (χ4n) is 2.13. The van der Waals surface area contributed by atoms with Crippen LogP contribution in [0.4, 0.5) is 8.78 Å². The van der Waals surface area contributed by atoms with Gasteiger partial charge in [0.05, 0.1) is 11.7 Å². The van der Waals surface area contributed by atoms with E-state index in [0.717, 1.165) is 12.8 Å². The van der Waals surface area contributed by atoms with Gasteiger partial charge in [0.25, 0.3) is 0 Å². The number of halogens is 2. The number of aliphatic hydroxyl groups excluding tert-OH is 1. The molecule has 0 amide bonds. The van der Waals surface area contributed by atoms with Crippen molar-refractivity contribution in [2.24, 2.45) is 5.92 Å². The summed E-state index contributed by atoms with van der Waals surface area (Å²) in [4.78, 5) is 0. The molecule has 86 valence electrons. The molecule has 0 saturated carbocycles. The van der Waals surface area contributed by atoms with E-state index in [9.17, 15) is 13.9 Å². The van der Waals surface area contributed by atoms with Crippen molar-refractivity contribution in [3.63, 3.8) is 0 Å². The summed E-state index contributed by atoms with van der Waals surface area (Å²) in [7, 11) is 0. The predicted octanol–water partition coefficient (Wildman–Crippen LogP) is 3.35. The smallest absolute Gasteiger partial charge is 0.131 e. The van der Waals surface area contributed by atoms with Gasteiger partial charge in [0.2, 0.25) is 0 Å². The summed E-state index contributed by atoms with van der Waals surface area (Å²) in [5.74, 6) is -1.42. The van der Waals surface area contributed by atoms with Crippen LogP contribution >= 0.6 is 0 Å². The highest BCUT2D eigenvalue weighted by atomic mass is 19.1. The fourth-order valence-corrected chi connectivity index (χ4v) is 2.13. The van der Waals surface area contributed by atoms with Crippen LogP contribution in [-0.2, 0) is 0 Å². The van der Waals surface area contributed by atoms with Gasteiger partial charge in [0.15, 0.2) is 0 Å². The minimum Gasteiger partial charge on any atom is -0.388 e. The largest absolute Gasteiger partial charge is 0.388 e. The molecule has 1 aromatic carbocycles. The standard InChI is InChI=1S/C13H14F2O/c14-10-7-4-8-11(15)12(10)13(16)9-5-2-1-3-6-9/h1-2,4,7-9,13,16H,3,5-6H2. The van der Waals surface area contributed by atoms with Crippen molar-refractivity contribution in [2.45, 2.75) is 25.4 Å². The summed E-state index contributed by atoms with van der Waals surface area (Å²) in [5.41, 5.74) is -0.192. The quantitative estimate of drug-likeness (QED) is 0.764. The molecule has 1 nitrogen and oxygen atoms in total. The molecule has 0 radical (unpaired) electrons. The Bertz CT molecular complexity index is 381. The van der Waals surface area contributed by atoms with E-state index in [1.165, 1.54) is 18.2 Å². The van der Waals surface area contributed by atoms with Crippen LogP contribution in [0.15, 0.2) is 30.4 Å². The van der Waals surface area contributed by atoms with Crippen molar-refractivity contribution in [1.82, 2.24) is 0 Å². The molecule has 1 aromatic rings. The number of hydrogen-bond donors (Lipinski definition) is 1. The third-order valence-electron chi connectivity index (χ3n) is 3.05. The minimum atomic E-state index is -1.05. The van der Waals surface area contributed by atoms with Crippen LogP contribution in [-0.4, -0.2) is 5.11 Å². The van der Waals surface area contributed by atoms with Crippen LogP contribution in [0, 0.1) is 17.6 Å². The zero-order chi connectivity index (χ0) is 11.5. The Hall–Kier alpha value is -1.22. The van der Waals surface area contributed by atoms with Crippen molar-refractivity contribution >= 4 is 0 Å². The monoisotopic (exact) mass is 224 g/mol. The number of allylic oxidation sites excluding steroid dienone is 2. The third-order valence-corrected chi connectivity index (χ3v) is 3.05. The van der Waals surface area contributed by atoms with E-state index in [2.05, 4.69) is 0 Å². The highest BCUT2D eigenvalue weighted by molar-refractivity contribution is 5.23. The molecule has 0 spiro atoms. The van der Waals surface area contributed by atoms with E-state index in [1.54, 1.807) is 0 Å². The van der Waals surface area contributed by atoms with Crippen LogP contribution in [0.1, 0.15) is 30.9 Å². The van der Waals surface area contributed by atoms with Gasteiger partial charge in [0.1, 0.15) is 11.6 Å². The first-order valence-corrected chi connectivity index (χ1v) is 5.47. The molecule has 1 N–H and O–H groups in total. The first-order chi connectivity index (χ1) is 7.70. The zero-order valence-electron chi connectivity index (χ0n) is 8.87. The number of aliphatic hydroxyl groups is 1. The second kappa shape index (κ2) is 4.74. The molecule has 0 heterocycles. The van der Waals surface area contributed by atoms with E-state index in [4.69, 9.17) is 0 Å². The van der Waals surface area contributed by atoms with E-state index >= 15 is 0 Å². The first kappa shape index (κ1) is 11.3. The summed E-state index contributed by atoms with van der Waals surface area (Å²) in [6.07, 6.45) is 5.24. The molecular formula is C13H14F2O. The molecule has 2 rings (SSSR count). The molecular weight excluding hydrogens is 210 g/mol. The Morgan fingerprint density at radius 1 is 1.19 bits per heavy atom. The minimum absolute atomic E-state index is 0.0867. The molecule has 0 saturated heterocycles. The van der Waals surface area contributed by atoms with Crippen LogP contribution < -0.4 is 0 Å². The van der Waals surface area contributed by atoms with Crippen molar-refractivity contribution < 1.29 is 13.9 Å². The average molecular weight is 224 g/mol. The van der Waals surface area contributed by atoms with Gasteiger partial charge in [-0.1, -0.05) is 18.2 Å². The second-order valence-corrected chi connectivity index (χ2v) is 4.12. The Morgan fingerprint density at radius 3 is 2.44 bits per heavy atom. The maximum absolute atomic E-state index is 13.4. The van der Waals surface area contributed by atoms with Crippen molar-refractivity contribution in [1.29, 1.82) is 0 Å². The summed E-state index contributed by atoms with van der Waals surface area (Å²) in [5, 5.41) is 9.99. The Labute approximate surface area is 93.4 Å². The molecule has 1 aliphatic rings. The molecule has 0 bridgehead atoms. The van der Waals surface area contributed by atoms with Crippen LogP contribution in [0.3, 0.4) is 0 Å². The van der Waals surface area contributed by atoms with Crippen LogP contribution in [0.2, 0.25) is 0 Å². The molecule has 1 aliphatic carbocycles. The first-order valence-electron chi connectivity index (χ1n) is 5.47. The predicted molar refractivity (Wildman–Crippen MR) is 57.8 cm³/mol. The molecule has 16 heavy (non-hydrogen) atoms. The van der Waals surface area contributed by atoms with Crippen molar-refractivity contribution in [2.75, 3.05) is 0 Å². The van der Waals surface area contributed by atoms with Gasteiger partial charge in [0, 0.05) is 0 Å². The number of benzene rings is 1. The second-order valence-electron chi connectivity index (χ2n) is 4.12. The molecule has 0 fully saturated rings. The van der Waals surface area contributed by atoms with Crippen LogP contribution in [0.25, 0.3) is 0 Å². The number of rotatable bonds is 2. The van der Waals surface area contributed by atoms with E-state index in [1.807, 2.05) is 12.2 Å². The Kier molecular flexibility index (Phi) is 3.34. The summed E-state index contributed by atoms with van der Waals surface area (Å²) in [6.45, 7) is 0. The van der Waals surface area contributed by atoms with Gasteiger partial charge in [-0.25, -0.2) is 8.78 Å². The SMILES string of the molecule is OC(c1c(F)cccc1F)C1CC=CCC1. The Balaban J connectivity index is 2.26. The van der Waals surface area contributed by atoms with E-state index in [0.29, 0.717) is 6.42 Å². The highest BCUT2D eigenvalue weighted by Crippen LogP contribution is 2.33. The molecule has 2 unspecified atom stereocenters. The maximum atomic E-state index is 13.4. The van der Waals surface area contributed by atoms with Crippen molar-refractivity contribution in [3.05, 3.63) is 47.5 Å². The van der Waals surface area contributed by atoms with Crippen LogP contribution in [0.5, 0.6) is 0 Å². The summed E-state index contributed by atoms with van der Waals surface area (Å²) < 4.78 is 26.9. The lowest BCUT2D eigenvalue weighted by molar-refractivity contribution is 0.0949. The highest BCUT2D eigenvalue weighted by Gasteiger charge is 2.26. The topological polar surface area (TPSA) is 20.2 Å². The molecule has 0 aromatic heterocycles. The number of hydrogen-bond acceptors (Lipinski definition) is 1. The summed E-state index contributed by atoms with van der Waals surface area (Å²) >= 11 is 0. The lowest BCUT2D eigenvalue weighted by Gasteiger charge is -2.24. The molecule has 2 atom stereocenters. The fraction of sp³-hybridized carbons (Fsp3) is 0.385. The lowest BCUT2D eigenvalue weighted by atomic mass is 9.86. The van der Waals surface area contributed by atoms with Crippen molar-refractivity contribution in [3.8, 4) is 0 Å². The van der Waals surface area contributed by atoms with Gasteiger partial charge < -0.3 is 5.11 Å².